The zero-order chi connectivity index (χ0) is 24.0. The normalized spacial score (nSPS) is 15.1. The molecule has 0 spiro atoms. The van der Waals surface area contributed by atoms with Gasteiger partial charge >= 0.3 is 0 Å². The number of carbonyl (C=O) groups is 1. The second kappa shape index (κ2) is 10.8. The van der Waals surface area contributed by atoms with E-state index in [1.165, 1.54) is 5.56 Å². The smallest absolute Gasteiger partial charge is 0.243 e. The molecule has 1 aliphatic rings. The Morgan fingerprint density at radius 3 is 2.15 bits per heavy atom. The summed E-state index contributed by atoms with van der Waals surface area (Å²) in [6, 6.07) is 25.0. The van der Waals surface area contributed by atoms with Crippen LogP contribution in [0.1, 0.15) is 43.4 Å². The van der Waals surface area contributed by atoms with Crippen molar-refractivity contribution >= 4 is 27.3 Å². The van der Waals surface area contributed by atoms with Gasteiger partial charge in [-0.15, -0.1) is 0 Å². The minimum absolute atomic E-state index is 0.0767. The molecule has 2 N–H and O–H groups in total. The van der Waals surface area contributed by atoms with Crippen molar-refractivity contribution < 1.29 is 13.2 Å². The Morgan fingerprint density at radius 2 is 1.50 bits per heavy atom. The lowest BCUT2D eigenvalue weighted by Gasteiger charge is -2.16. The Balaban J connectivity index is 1.26. The van der Waals surface area contributed by atoms with Crippen LogP contribution < -0.4 is 10.6 Å². The lowest BCUT2D eigenvalue weighted by molar-refractivity contribution is -0.116. The summed E-state index contributed by atoms with van der Waals surface area (Å²) in [5.41, 5.74) is 3.87. The maximum Gasteiger partial charge on any atom is 0.243 e. The van der Waals surface area contributed by atoms with E-state index in [2.05, 4.69) is 29.7 Å². The van der Waals surface area contributed by atoms with Gasteiger partial charge in [-0.25, -0.2) is 8.42 Å². The minimum Gasteiger partial charge on any atom is -0.379 e. The number of benzene rings is 3. The summed E-state index contributed by atoms with van der Waals surface area (Å²) in [7, 11) is -3.41. The fraction of sp³-hybridized carbons (Fsp3) is 0.296. The molecular weight excluding hydrogens is 446 g/mol. The first-order valence-electron chi connectivity index (χ1n) is 11.7. The lowest BCUT2D eigenvalue weighted by atomic mass is 10.1. The van der Waals surface area contributed by atoms with Crippen molar-refractivity contribution in [3.05, 3.63) is 90.0 Å². The maximum absolute atomic E-state index is 12.6. The molecule has 0 radical (unpaired) electrons. The molecule has 1 saturated heterocycles. The number of nitrogens with zero attached hydrogens (tertiary/aromatic N) is 1. The third kappa shape index (κ3) is 6.04. The molecule has 1 unspecified atom stereocenters. The average molecular weight is 478 g/mol. The zero-order valence-corrected chi connectivity index (χ0v) is 20.2. The molecule has 0 bridgehead atoms. The van der Waals surface area contributed by atoms with E-state index in [1.807, 2.05) is 42.5 Å². The van der Waals surface area contributed by atoms with Crippen LogP contribution in [0.2, 0.25) is 0 Å². The van der Waals surface area contributed by atoms with Crippen LogP contribution in [0.3, 0.4) is 0 Å². The van der Waals surface area contributed by atoms with E-state index in [0.29, 0.717) is 30.8 Å². The van der Waals surface area contributed by atoms with Gasteiger partial charge in [-0.1, -0.05) is 42.5 Å². The molecule has 34 heavy (non-hydrogen) atoms. The van der Waals surface area contributed by atoms with Crippen molar-refractivity contribution in [2.45, 2.75) is 43.5 Å². The topological polar surface area (TPSA) is 78.5 Å². The largest absolute Gasteiger partial charge is 0.379 e. The van der Waals surface area contributed by atoms with Crippen LogP contribution in [0, 0.1) is 0 Å². The van der Waals surface area contributed by atoms with Crippen LogP contribution in [-0.2, 0) is 21.2 Å². The number of anilines is 2. The van der Waals surface area contributed by atoms with E-state index in [0.717, 1.165) is 29.8 Å². The first kappa shape index (κ1) is 24.0. The average Bonchev–Trinajstić information content (AvgIpc) is 3.41. The van der Waals surface area contributed by atoms with Crippen LogP contribution in [0.25, 0.3) is 0 Å². The van der Waals surface area contributed by atoms with Crippen molar-refractivity contribution in [2.24, 2.45) is 0 Å². The fourth-order valence-electron chi connectivity index (χ4n) is 4.11. The first-order valence-corrected chi connectivity index (χ1v) is 13.2. The molecule has 1 atom stereocenters. The Morgan fingerprint density at radius 1 is 0.882 bits per heavy atom. The molecule has 7 heteroatoms. The molecule has 0 saturated carbocycles. The standard InChI is InChI=1S/C27H31N3O3S/c1-21(23-7-3-2-4-8-23)28-24-12-14-25(15-13-24)29-27(31)18-11-22-9-16-26(17-10-22)34(32,33)30-19-5-6-20-30/h2-4,7-10,12-17,21,28H,5-6,11,18-20H2,1H3,(H,29,31). The molecule has 1 heterocycles. The van der Waals surface area contributed by atoms with Gasteiger partial charge in [0.1, 0.15) is 0 Å². The molecule has 0 aliphatic carbocycles. The molecule has 1 amide bonds. The SMILES string of the molecule is CC(Nc1ccc(NC(=O)CCc2ccc(S(=O)(=O)N3CCCC3)cc2)cc1)c1ccccc1. The number of aryl methyl sites for hydroxylation is 1. The molecule has 1 fully saturated rings. The summed E-state index contributed by atoms with van der Waals surface area (Å²) in [6.07, 6.45) is 2.70. The monoisotopic (exact) mass is 477 g/mol. The van der Waals surface area contributed by atoms with Crippen LogP contribution in [-0.4, -0.2) is 31.7 Å². The maximum atomic E-state index is 12.6. The van der Waals surface area contributed by atoms with Gasteiger partial charge in [-0.05, 0) is 73.7 Å². The highest BCUT2D eigenvalue weighted by molar-refractivity contribution is 7.89. The van der Waals surface area contributed by atoms with E-state index in [4.69, 9.17) is 0 Å². The minimum atomic E-state index is -3.41. The van der Waals surface area contributed by atoms with Gasteiger partial charge in [-0.3, -0.25) is 4.79 Å². The molecular formula is C27H31N3O3S. The van der Waals surface area contributed by atoms with E-state index in [9.17, 15) is 13.2 Å². The number of carbonyl (C=O) groups excluding carboxylic acids is 1. The van der Waals surface area contributed by atoms with Crippen LogP contribution in [0.5, 0.6) is 0 Å². The van der Waals surface area contributed by atoms with Crippen LogP contribution in [0.15, 0.2) is 83.8 Å². The van der Waals surface area contributed by atoms with Crippen molar-refractivity contribution in [2.75, 3.05) is 23.7 Å². The molecule has 6 nitrogen and oxygen atoms in total. The number of rotatable bonds is 9. The molecule has 3 aromatic rings. The van der Waals surface area contributed by atoms with Crippen molar-refractivity contribution in [1.29, 1.82) is 0 Å². The molecule has 1 aliphatic heterocycles. The summed E-state index contributed by atoms with van der Waals surface area (Å²) < 4.78 is 26.8. The molecule has 3 aromatic carbocycles. The third-order valence-corrected chi connectivity index (χ3v) is 8.03. The summed E-state index contributed by atoms with van der Waals surface area (Å²) >= 11 is 0. The molecule has 178 valence electrons. The number of sulfonamides is 1. The highest BCUT2D eigenvalue weighted by atomic mass is 32.2. The van der Waals surface area contributed by atoms with E-state index >= 15 is 0 Å². The lowest BCUT2D eigenvalue weighted by Crippen LogP contribution is -2.27. The number of amides is 1. The van der Waals surface area contributed by atoms with Gasteiger partial charge in [0.05, 0.1) is 4.90 Å². The van der Waals surface area contributed by atoms with Crippen LogP contribution >= 0.6 is 0 Å². The van der Waals surface area contributed by atoms with Gasteiger partial charge < -0.3 is 10.6 Å². The fourth-order valence-corrected chi connectivity index (χ4v) is 5.63. The molecule has 0 aromatic heterocycles. The number of hydrogen-bond donors (Lipinski definition) is 2. The van der Waals surface area contributed by atoms with Gasteiger partial charge in [0.15, 0.2) is 0 Å². The highest BCUT2D eigenvalue weighted by Gasteiger charge is 2.26. The number of nitrogens with one attached hydrogen (secondary N) is 2. The van der Waals surface area contributed by atoms with Crippen molar-refractivity contribution in [3.63, 3.8) is 0 Å². The van der Waals surface area contributed by atoms with E-state index in [1.54, 1.807) is 28.6 Å². The molecule has 4 rings (SSSR count). The summed E-state index contributed by atoms with van der Waals surface area (Å²) in [5, 5.41) is 6.39. The Hall–Kier alpha value is -3.16. The predicted octanol–water partition coefficient (Wildman–Crippen LogP) is 5.22. The van der Waals surface area contributed by atoms with E-state index < -0.39 is 10.0 Å². The Bertz CT molecular complexity index is 1190. The summed E-state index contributed by atoms with van der Waals surface area (Å²) in [4.78, 5) is 12.7. The van der Waals surface area contributed by atoms with Gasteiger partial charge in [0, 0.05) is 36.9 Å². The highest BCUT2D eigenvalue weighted by Crippen LogP contribution is 2.22. The van der Waals surface area contributed by atoms with Gasteiger partial charge in [-0.2, -0.15) is 4.31 Å². The van der Waals surface area contributed by atoms with Gasteiger partial charge in [0.25, 0.3) is 0 Å². The number of hydrogen-bond acceptors (Lipinski definition) is 4. The predicted molar refractivity (Wildman–Crippen MR) is 136 cm³/mol. The second-order valence-corrected chi connectivity index (χ2v) is 10.6. The van der Waals surface area contributed by atoms with E-state index in [-0.39, 0.29) is 11.9 Å². The second-order valence-electron chi connectivity index (χ2n) is 8.66. The van der Waals surface area contributed by atoms with Gasteiger partial charge in [0.2, 0.25) is 15.9 Å². The quantitative estimate of drug-likeness (QED) is 0.443. The zero-order valence-electron chi connectivity index (χ0n) is 19.4. The first-order chi connectivity index (χ1) is 16.4. The van der Waals surface area contributed by atoms with Crippen molar-refractivity contribution in [1.82, 2.24) is 4.31 Å². The van der Waals surface area contributed by atoms with Crippen LogP contribution in [0.4, 0.5) is 11.4 Å². The third-order valence-electron chi connectivity index (χ3n) is 6.12. The summed E-state index contributed by atoms with van der Waals surface area (Å²) in [6.45, 7) is 3.29. The Labute approximate surface area is 202 Å². The Kier molecular flexibility index (Phi) is 7.65. The van der Waals surface area contributed by atoms with Crippen molar-refractivity contribution in [3.8, 4) is 0 Å². The summed E-state index contributed by atoms with van der Waals surface area (Å²) in [5.74, 6) is -0.0767.